The Balaban J connectivity index is 2.20. The maximum Gasteiger partial charge on any atom is 0.0730 e. The molecule has 0 saturated carbocycles. The number of hydrogen-bond donors (Lipinski definition) is 1. The van der Waals surface area contributed by atoms with Crippen LogP contribution in [-0.4, -0.2) is 30.8 Å². The molecule has 106 valence electrons. The molecule has 3 nitrogen and oxygen atoms in total. The number of aromatic nitrogens is 1. The fraction of sp³-hybridized carbons (Fsp3) is 0.688. The molecule has 3 unspecified atom stereocenters. The molecule has 1 aromatic rings. The van der Waals surface area contributed by atoms with E-state index in [0.29, 0.717) is 12.0 Å². The molecule has 3 atom stereocenters. The number of fused-ring (bicyclic) bond motifs is 1. The van der Waals surface area contributed by atoms with Crippen LogP contribution in [0.3, 0.4) is 0 Å². The predicted octanol–water partition coefficient (Wildman–Crippen LogP) is 2.90. The van der Waals surface area contributed by atoms with Crippen LogP contribution in [0, 0.1) is 0 Å². The van der Waals surface area contributed by atoms with Gasteiger partial charge in [0.05, 0.1) is 6.10 Å². The first-order valence-electron chi connectivity index (χ1n) is 7.51. The van der Waals surface area contributed by atoms with Crippen LogP contribution in [0.4, 0.5) is 0 Å². The summed E-state index contributed by atoms with van der Waals surface area (Å²) in [7, 11) is 1.83. The Morgan fingerprint density at radius 2 is 2.32 bits per heavy atom. The minimum atomic E-state index is 0.280. The number of hydrogen-bond acceptors (Lipinski definition) is 3. The lowest BCUT2D eigenvalue weighted by molar-refractivity contribution is 0.0519. The van der Waals surface area contributed by atoms with Gasteiger partial charge in [-0.1, -0.05) is 26.3 Å². The number of nitrogens with one attached hydrogen (secondary N) is 1. The Labute approximate surface area is 116 Å². The summed E-state index contributed by atoms with van der Waals surface area (Å²) in [5.74, 6) is 0.493. The van der Waals surface area contributed by atoms with Gasteiger partial charge in [0.1, 0.15) is 0 Å². The normalized spacial score (nSPS) is 21.1. The molecule has 0 fully saturated rings. The maximum atomic E-state index is 5.74. The van der Waals surface area contributed by atoms with Crippen molar-refractivity contribution in [3.8, 4) is 0 Å². The summed E-state index contributed by atoms with van der Waals surface area (Å²) >= 11 is 0. The van der Waals surface area contributed by atoms with Crippen molar-refractivity contribution in [2.75, 3.05) is 13.7 Å². The molecular formula is C16H26N2O. The van der Waals surface area contributed by atoms with Crippen LogP contribution in [0.5, 0.6) is 0 Å². The number of nitrogens with zero attached hydrogens (tertiary/aromatic N) is 1. The Bertz CT molecular complexity index is 394. The number of rotatable bonds is 7. The van der Waals surface area contributed by atoms with Crippen LogP contribution in [0.1, 0.15) is 50.3 Å². The molecule has 1 heterocycles. The molecule has 0 amide bonds. The minimum absolute atomic E-state index is 0.280. The first-order valence-corrected chi connectivity index (χ1v) is 7.51. The number of pyridine rings is 1. The molecule has 0 aliphatic heterocycles. The van der Waals surface area contributed by atoms with Gasteiger partial charge in [-0.2, -0.15) is 0 Å². The SMILES string of the molecule is CCCC(OC)C(NCC)C1CCc2cccnc21. The van der Waals surface area contributed by atoms with Crippen LogP contribution < -0.4 is 5.32 Å². The molecular weight excluding hydrogens is 236 g/mol. The fourth-order valence-electron chi connectivity index (χ4n) is 3.29. The van der Waals surface area contributed by atoms with Gasteiger partial charge in [-0.3, -0.25) is 4.98 Å². The quantitative estimate of drug-likeness (QED) is 0.820. The summed E-state index contributed by atoms with van der Waals surface area (Å²) in [5.41, 5.74) is 2.70. The van der Waals surface area contributed by atoms with E-state index in [4.69, 9.17) is 4.74 Å². The van der Waals surface area contributed by atoms with Crippen LogP contribution in [0.2, 0.25) is 0 Å². The predicted molar refractivity (Wildman–Crippen MR) is 78.5 cm³/mol. The van der Waals surface area contributed by atoms with E-state index in [2.05, 4.69) is 30.2 Å². The van der Waals surface area contributed by atoms with Crippen LogP contribution in [0.25, 0.3) is 0 Å². The molecule has 0 radical (unpaired) electrons. The van der Waals surface area contributed by atoms with E-state index in [0.717, 1.165) is 25.8 Å². The first kappa shape index (κ1) is 14.5. The third-order valence-corrected chi connectivity index (χ3v) is 4.15. The van der Waals surface area contributed by atoms with Crippen molar-refractivity contribution in [3.05, 3.63) is 29.6 Å². The van der Waals surface area contributed by atoms with E-state index in [9.17, 15) is 0 Å². The second-order valence-electron chi connectivity index (χ2n) is 5.34. The van der Waals surface area contributed by atoms with Crippen molar-refractivity contribution in [3.63, 3.8) is 0 Å². The lowest BCUT2D eigenvalue weighted by Crippen LogP contribution is -2.45. The van der Waals surface area contributed by atoms with Crippen molar-refractivity contribution in [2.24, 2.45) is 0 Å². The van der Waals surface area contributed by atoms with Crippen LogP contribution >= 0.6 is 0 Å². The third-order valence-electron chi connectivity index (χ3n) is 4.15. The van der Waals surface area contributed by atoms with Crippen LogP contribution in [0.15, 0.2) is 18.3 Å². The third kappa shape index (κ3) is 3.15. The second-order valence-corrected chi connectivity index (χ2v) is 5.34. The Hall–Kier alpha value is -0.930. The average Bonchev–Trinajstić information content (AvgIpc) is 2.86. The average molecular weight is 262 g/mol. The van der Waals surface area contributed by atoms with E-state index in [-0.39, 0.29) is 6.10 Å². The van der Waals surface area contributed by atoms with E-state index < -0.39 is 0 Å². The van der Waals surface area contributed by atoms with E-state index >= 15 is 0 Å². The van der Waals surface area contributed by atoms with E-state index in [1.165, 1.54) is 17.7 Å². The highest BCUT2D eigenvalue weighted by Gasteiger charge is 2.34. The lowest BCUT2D eigenvalue weighted by Gasteiger charge is -2.31. The number of methoxy groups -OCH3 is 1. The molecule has 1 aliphatic carbocycles. The Kier molecular flexibility index (Phi) is 5.34. The number of ether oxygens (including phenoxy) is 1. The Morgan fingerprint density at radius 3 is 3.00 bits per heavy atom. The molecule has 0 bridgehead atoms. The highest BCUT2D eigenvalue weighted by Crippen LogP contribution is 2.35. The first-order chi connectivity index (χ1) is 9.31. The smallest absolute Gasteiger partial charge is 0.0730 e. The standard InChI is InChI=1S/C16H26N2O/c1-4-7-14(19-3)16(17-5-2)13-10-9-12-8-6-11-18-15(12)13/h6,8,11,13-14,16-17H,4-5,7,9-10H2,1-3H3. The highest BCUT2D eigenvalue weighted by molar-refractivity contribution is 5.30. The van der Waals surface area contributed by atoms with Crippen molar-refractivity contribution in [1.82, 2.24) is 10.3 Å². The van der Waals surface area contributed by atoms with Gasteiger partial charge in [0.2, 0.25) is 0 Å². The molecule has 1 N–H and O–H groups in total. The zero-order chi connectivity index (χ0) is 13.7. The molecule has 2 rings (SSSR count). The van der Waals surface area contributed by atoms with Crippen molar-refractivity contribution >= 4 is 0 Å². The van der Waals surface area contributed by atoms with Crippen LogP contribution in [-0.2, 0) is 11.2 Å². The van der Waals surface area contributed by atoms with E-state index in [1.807, 2.05) is 19.4 Å². The molecule has 3 heteroatoms. The zero-order valence-electron chi connectivity index (χ0n) is 12.4. The molecule has 0 aromatic carbocycles. The van der Waals surface area contributed by atoms with Gasteiger partial charge in [-0.25, -0.2) is 0 Å². The van der Waals surface area contributed by atoms with Gasteiger partial charge < -0.3 is 10.1 Å². The summed E-state index contributed by atoms with van der Waals surface area (Å²) in [6.45, 7) is 5.36. The van der Waals surface area contributed by atoms with Gasteiger partial charge in [0.15, 0.2) is 0 Å². The van der Waals surface area contributed by atoms with Gasteiger partial charge >= 0.3 is 0 Å². The monoisotopic (exact) mass is 262 g/mol. The fourth-order valence-corrected chi connectivity index (χ4v) is 3.29. The van der Waals surface area contributed by atoms with Gasteiger partial charge in [-0.15, -0.1) is 0 Å². The minimum Gasteiger partial charge on any atom is -0.380 e. The molecule has 1 aromatic heterocycles. The molecule has 19 heavy (non-hydrogen) atoms. The summed E-state index contributed by atoms with van der Waals surface area (Å²) in [4.78, 5) is 4.63. The summed E-state index contributed by atoms with van der Waals surface area (Å²) in [6, 6.07) is 4.64. The van der Waals surface area contributed by atoms with Gasteiger partial charge in [0.25, 0.3) is 0 Å². The van der Waals surface area contributed by atoms with Crippen molar-refractivity contribution < 1.29 is 4.74 Å². The summed E-state index contributed by atoms with van der Waals surface area (Å²) in [5, 5.41) is 3.64. The van der Waals surface area contributed by atoms with Gasteiger partial charge in [-0.05, 0) is 37.4 Å². The number of likely N-dealkylation sites (N-methyl/N-ethyl adjacent to an activating group) is 1. The number of aryl methyl sites for hydroxylation is 1. The largest absolute Gasteiger partial charge is 0.380 e. The second kappa shape index (κ2) is 7.01. The van der Waals surface area contributed by atoms with Crippen molar-refractivity contribution in [1.29, 1.82) is 0 Å². The van der Waals surface area contributed by atoms with E-state index in [1.54, 1.807) is 0 Å². The maximum absolute atomic E-state index is 5.74. The topological polar surface area (TPSA) is 34.1 Å². The summed E-state index contributed by atoms with van der Waals surface area (Å²) in [6.07, 6.45) is 6.80. The molecule has 0 saturated heterocycles. The van der Waals surface area contributed by atoms with Crippen molar-refractivity contribution in [2.45, 2.75) is 57.6 Å². The van der Waals surface area contributed by atoms with Gasteiger partial charge in [0, 0.05) is 31.0 Å². The molecule has 0 spiro atoms. The highest BCUT2D eigenvalue weighted by atomic mass is 16.5. The zero-order valence-corrected chi connectivity index (χ0v) is 12.4. The summed E-state index contributed by atoms with van der Waals surface area (Å²) < 4.78 is 5.74. The Morgan fingerprint density at radius 1 is 1.47 bits per heavy atom. The lowest BCUT2D eigenvalue weighted by atomic mass is 9.90. The molecule has 1 aliphatic rings.